The van der Waals surface area contributed by atoms with Gasteiger partial charge in [0.25, 0.3) is 0 Å². The Morgan fingerprint density at radius 1 is 1.03 bits per heavy atom. The largest absolute Gasteiger partial charge is 0.573 e. The van der Waals surface area contributed by atoms with Crippen LogP contribution in [0.2, 0.25) is 10.0 Å². The minimum atomic E-state index is -4.85. The van der Waals surface area contributed by atoms with Crippen LogP contribution in [0.3, 0.4) is 0 Å². The number of amidine groups is 1. The molecule has 12 heteroatoms. The molecule has 0 radical (unpaired) electrons. The molecule has 1 fully saturated rings. The molecule has 1 aliphatic rings. The first-order chi connectivity index (χ1) is 18.1. The van der Waals surface area contributed by atoms with E-state index in [0.717, 1.165) is 34.4 Å². The van der Waals surface area contributed by atoms with Crippen molar-refractivity contribution in [3.63, 3.8) is 0 Å². The van der Waals surface area contributed by atoms with Crippen molar-refractivity contribution in [2.24, 2.45) is 4.99 Å². The Balaban J connectivity index is 1.50. The molecular formula is C26H20Cl2F3N3O3S. The highest BCUT2D eigenvalue weighted by Crippen LogP contribution is 2.33. The van der Waals surface area contributed by atoms with Crippen LogP contribution in [0.1, 0.15) is 12.0 Å². The van der Waals surface area contributed by atoms with Gasteiger partial charge in [-0.15, -0.1) is 13.2 Å². The third-order valence-corrected chi connectivity index (χ3v) is 6.84. The molecular weight excluding hydrogens is 562 g/mol. The van der Waals surface area contributed by atoms with Crippen LogP contribution in [0.25, 0.3) is 0 Å². The van der Waals surface area contributed by atoms with Crippen LogP contribution in [-0.4, -0.2) is 35.1 Å². The van der Waals surface area contributed by atoms with E-state index in [9.17, 15) is 22.8 Å². The fourth-order valence-corrected chi connectivity index (χ4v) is 5.26. The van der Waals surface area contributed by atoms with Crippen molar-refractivity contribution in [3.05, 3.63) is 88.4 Å². The molecule has 38 heavy (non-hydrogen) atoms. The minimum absolute atomic E-state index is 0.111. The number of anilines is 2. The van der Waals surface area contributed by atoms with Crippen LogP contribution in [-0.2, 0) is 16.0 Å². The van der Waals surface area contributed by atoms with Gasteiger partial charge in [-0.25, -0.2) is 4.90 Å². The number of ether oxygens (including phenoxy) is 1. The number of halogens is 5. The SMILES string of the molecule is O=C1CC(SC(=NCCc2ccccc2)Nc2cc(Cl)cc(Cl)c2)C(=O)N1c1ccc(OC(F)(F)F)cc1. The van der Waals surface area contributed by atoms with Crippen LogP contribution < -0.4 is 15.0 Å². The predicted octanol–water partition coefficient (Wildman–Crippen LogP) is 6.97. The summed E-state index contributed by atoms with van der Waals surface area (Å²) in [6.45, 7) is 0.410. The lowest BCUT2D eigenvalue weighted by Crippen LogP contribution is -2.31. The van der Waals surface area contributed by atoms with Gasteiger partial charge in [0.15, 0.2) is 5.17 Å². The van der Waals surface area contributed by atoms with Gasteiger partial charge in [0.1, 0.15) is 11.0 Å². The number of aliphatic imine (C=N–C) groups is 1. The van der Waals surface area contributed by atoms with Crippen molar-refractivity contribution >= 4 is 63.3 Å². The number of hydrogen-bond donors (Lipinski definition) is 1. The predicted molar refractivity (Wildman–Crippen MR) is 144 cm³/mol. The summed E-state index contributed by atoms with van der Waals surface area (Å²) in [5, 5.41) is 3.54. The van der Waals surface area contributed by atoms with Crippen molar-refractivity contribution in [1.82, 2.24) is 0 Å². The smallest absolute Gasteiger partial charge is 0.406 e. The number of imide groups is 1. The van der Waals surface area contributed by atoms with Gasteiger partial charge in [-0.05, 0) is 54.4 Å². The van der Waals surface area contributed by atoms with Gasteiger partial charge >= 0.3 is 6.36 Å². The average molecular weight is 582 g/mol. The molecule has 2 amide bonds. The Labute approximate surface area is 230 Å². The number of thioether (sulfide) groups is 1. The zero-order chi connectivity index (χ0) is 27.3. The highest BCUT2D eigenvalue weighted by Gasteiger charge is 2.41. The Bertz CT molecular complexity index is 1320. The molecule has 4 rings (SSSR count). The fraction of sp³-hybridized carbons (Fsp3) is 0.192. The molecule has 3 aromatic rings. The van der Waals surface area contributed by atoms with Crippen molar-refractivity contribution in [2.75, 3.05) is 16.8 Å². The van der Waals surface area contributed by atoms with Crippen LogP contribution in [0, 0.1) is 0 Å². The second-order valence-corrected chi connectivity index (χ2v) is 10.2. The van der Waals surface area contributed by atoms with Crippen molar-refractivity contribution in [2.45, 2.75) is 24.5 Å². The molecule has 1 atom stereocenters. The molecule has 3 aromatic carbocycles. The summed E-state index contributed by atoms with van der Waals surface area (Å²) in [6, 6.07) is 19.2. The molecule has 1 saturated heterocycles. The third-order valence-electron chi connectivity index (χ3n) is 5.30. The first-order valence-corrected chi connectivity index (χ1v) is 12.9. The third kappa shape index (κ3) is 7.66. The first kappa shape index (κ1) is 27.8. The van der Waals surface area contributed by atoms with Gasteiger partial charge in [0.05, 0.1) is 5.69 Å². The van der Waals surface area contributed by atoms with E-state index in [4.69, 9.17) is 23.2 Å². The highest BCUT2D eigenvalue weighted by molar-refractivity contribution is 8.15. The number of amides is 2. The van der Waals surface area contributed by atoms with Crippen LogP contribution in [0.5, 0.6) is 5.75 Å². The Hall–Kier alpha value is -3.21. The highest BCUT2D eigenvalue weighted by atomic mass is 35.5. The quantitative estimate of drug-likeness (QED) is 0.185. The topological polar surface area (TPSA) is 71.0 Å². The lowest BCUT2D eigenvalue weighted by Gasteiger charge is -2.17. The number of nitrogens with zero attached hydrogens (tertiary/aromatic N) is 2. The van der Waals surface area contributed by atoms with E-state index in [-0.39, 0.29) is 12.1 Å². The van der Waals surface area contributed by atoms with E-state index in [1.807, 2.05) is 30.3 Å². The van der Waals surface area contributed by atoms with E-state index in [2.05, 4.69) is 15.0 Å². The number of benzene rings is 3. The summed E-state index contributed by atoms with van der Waals surface area (Å²) < 4.78 is 41.2. The fourth-order valence-electron chi connectivity index (χ4n) is 3.69. The molecule has 0 saturated carbocycles. The number of alkyl halides is 3. The monoisotopic (exact) mass is 581 g/mol. The zero-order valence-electron chi connectivity index (χ0n) is 19.5. The number of carbonyl (C=O) groups is 2. The number of hydrogen-bond acceptors (Lipinski definition) is 5. The number of nitrogens with one attached hydrogen (secondary N) is 1. The minimum Gasteiger partial charge on any atom is -0.406 e. The summed E-state index contributed by atoms with van der Waals surface area (Å²) >= 11 is 13.3. The van der Waals surface area contributed by atoms with Gasteiger partial charge in [-0.2, -0.15) is 0 Å². The molecule has 1 heterocycles. The van der Waals surface area contributed by atoms with Gasteiger partial charge in [0, 0.05) is 28.7 Å². The van der Waals surface area contributed by atoms with Gasteiger partial charge in [-0.1, -0.05) is 65.3 Å². The lowest BCUT2D eigenvalue weighted by molar-refractivity contribution is -0.274. The van der Waals surface area contributed by atoms with E-state index in [0.29, 0.717) is 33.9 Å². The molecule has 1 N–H and O–H groups in total. The zero-order valence-corrected chi connectivity index (χ0v) is 21.9. The normalized spacial score (nSPS) is 16.2. The van der Waals surface area contributed by atoms with Crippen LogP contribution >= 0.6 is 35.0 Å². The lowest BCUT2D eigenvalue weighted by atomic mass is 10.2. The maximum Gasteiger partial charge on any atom is 0.573 e. The summed E-state index contributed by atoms with van der Waals surface area (Å²) in [4.78, 5) is 31.5. The second kappa shape index (κ2) is 12.1. The summed E-state index contributed by atoms with van der Waals surface area (Å²) in [6.07, 6.45) is -4.31. The Morgan fingerprint density at radius 2 is 1.68 bits per heavy atom. The second-order valence-electron chi connectivity index (χ2n) is 8.13. The Morgan fingerprint density at radius 3 is 2.32 bits per heavy atom. The van der Waals surface area contributed by atoms with E-state index in [1.165, 1.54) is 12.1 Å². The molecule has 0 bridgehead atoms. The average Bonchev–Trinajstić information content (AvgIpc) is 3.11. The first-order valence-electron chi connectivity index (χ1n) is 11.3. The van der Waals surface area contributed by atoms with Crippen LogP contribution in [0.4, 0.5) is 24.5 Å². The molecule has 1 unspecified atom stereocenters. The van der Waals surface area contributed by atoms with Crippen molar-refractivity contribution < 1.29 is 27.5 Å². The molecule has 0 aliphatic carbocycles. The summed E-state index contributed by atoms with van der Waals surface area (Å²) in [5.74, 6) is -1.44. The Kier molecular flexibility index (Phi) is 8.86. The van der Waals surface area contributed by atoms with Gasteiger partial charge in [-0.3, -0.25) is 14.6 Å². The maximum atomic E-state index is 13.2. The molecule has 198 valence electrons. The molecule has 1 aliphatic heterocycles. The summed E-state index contributed by atoms with van der Waals surface area (Å²) in [7, 11) is 0. The number of rotatable bonds is 7. The molecule has 6 nitrogen and oxygen atoms in total. The van der Waals surface area contributed by atoms with E-state index < -0.39 is 29.2 Å². The number of carbonyl (C=O) groups excluding carboxylic acids is 2. The van der Waals surface area contributed by atoms with Gasteiger partial charge < -0.3 is 10.1 Å². The summed E-state index contributed by atoms with van der Waals surface area (Å²) in [5.41, 5.74) is 1.79. The van der Waals surface area contributed by atoms with Crippen molar-refractivity contribution in [3.8, 4) is 5.75 Å². The van der Waals surface area contributed by atoms with Crippen LogP contribution in [0.15, 0.2) is 77.8 Å². The van der Waals surface area contributed by atoms with Crippen molar-refractivity contribution in [1.29, 1.82) is 0 Å². The van der Waals surface area contributed by atoms with E-state index >= 15 is 0 Å². The molecule has 0 aromatic heterocycles. The standard InChI is InChI=1S/C26H20Cl2F3N3O3S/c27-17-12-18(28)14-19(13-17)33-25(32-11-10-16-4-2-1-3-5-16)38-22-15-23(35)34(24(22)36)20-6-8-21(9-7-20)37-26(29,30)31/h1-9,12-14,22H,10-11,15H2,(H,32,33). The maximum absolute atomic E-state index is 13.2. The van der Waals surface area contributed by atoms with E-state index in [1.54, 1.807) is 18.2 Å². The van der Waals surface area contributed by atoms with Gasteiger partial charge in [0.2, 0.25) is 11.8 Å². The molecule has 0 spiro atoms.